The van der Waals surface area contributed by atoms with Crippen molar-refractivity contribution in [3.63, 3.8) is 0 Å². The van der Waals surface area contributed by atoms with E-state index in [-0.39, 0.29) is 18.2 Å². The van der Waals surface area contributed by atoms with E-state index in [4.69, 9.17) is 4.52 Å². The number of carbonyl (C=O) groups is 2. The number of nitrogens with one attached hydrogen (secondary N) is 2. The molecule has 170 valence electrons. The molecule has 3 heterocycles. The normalized spacial score (nSPS) is 10.8. The highest BCUT2D eigenvalue weighted by molar-refractivity contribution is 7.17. The summed E-state index contributed by atoms with van der Waals surface area (Å²) < 4.78 is 5.30. The molecule has 0 fully saturated rings. The van der Waals surface area contributed by atoms with Crippen LogP contribution in [0.4, 0.5) is 5.13 Å². The Bertz CT molecular complexity index is 1240. The number of rotatable bonds is 9. The number of anilines is 1. The molecule has 1 aromatic carbocycles. The number of nitrogens with zero attached hydrogens (tertiary/aromatic N) is 3. The average Bonchev–Trinajstić information content (AvgIpc) is 3.57. The van der Waals surface area contributed by atoms with Crippen molar-refractivity contribution in [1.82, 2.24) is 20.4 Å². The first kappa shape index (κ1) is 22.8. The predicted molar refractivity (Wildman–Crippen MR) is 129 cm³/mol. The Hall–Kier alpha value is -3.37. The Morgan fingerprint density at radius 1 is 1.09 bits per heavy atom. The van der Waals surface area contributed by atoms with Crippen molar-refractivity contribution in [2.75, 3.05) is 5.32 Å². The summed E-state index contributed by atoms with van der Waals surface area (Å²) in [7, 11) is 0. The molecular formula is C23H23N5O3S2. The van der Waals surface area contributed by atoms with Crippen LogP contribution in [-0.2, 0) is 29.0 Å². The van der Waals surface area contributed by atoms with Gasteiger partial charge >= 0.3 is 0 Å². The smallest absolute Gasteiger partial charge is 0.227 e. The molecule has 0 spiro atoms. The quantitative estimate of drug-likeness (QED) is 0.359. The van der Waals surface area contributed by atoms with Crippen molar-refractivity contribution in [2.45, 2.75) is 39.7 Å². The van der Waals surface area contributed by atoms with Crippen LogP contribution in [-0.4, -0.2) is 26.9 Å². The van der Waals surface area contributed by atoms with Crippen LogP contribution in [0.3, 0.4) is 0 Å². The van der Waals surface area contributed by atoms with Crippen molar-refractivity contribution in [3.8, 4) is 22.0 Å². The highest BCUT2D eigenvalue weighted by Gasteiger charge is 2.13. The van der Waals surface area contributed by atoms with Crippen molar-refractivity contribution >= 4 is 39.6 Å². The van der Waals surface area contributed by atoms with Crippen LogP contribution in [0.25, 0.3) is 22.0 Å². The Balaban J connectivity index is 1.29. The number of thiazole rings is 1. The number of thiophene rings is 1. The van der Waals surface area contributed by atoms with Gasteiger partial charge in [-0.3, -0.25) is 9.59 Å². The van der Waals surface area contributed by atoms with E-state index in [1.54, 1.807) is 11.3 Å². The molecule has 4 aromatic rings. The summed E-state index contributed by atoms with van der Waals surface area (Å²) in [6.07, 6.45) is 1.53. The molecule has 0 atom stereocenters. The topological polar surface area (TPSA) is 110 Å². The number of benzene rings is 1. The number of hydrogen-bond acceptors (Lipinski definition) is 8. The summed E-state index contributed by atoms with van der Waals surface area (Å²) in [4.78, 5) is 34.3. The number of hydrogen-bond donors (Lipinski definition) is 2. The maximum atomic E-state index is 12.4. The highest BCUT2D eigenvalue weighted by atomic mass is 32.1. The van der Waals surface area contributed by atoms with E-state index in [9.17, 15) is 9.59 Å². The first-order valence-corrected chi connectivity index (χ1v) is 12.2. The number of aryl methyl sites for hydroxylation is 2. The fourth-order valence-corrected chi connectivity index (χ4v) is 4.74. The Morgan fingerprint density at radius 2 is 1.91 bits per heavy atom. The zero-order valence-corrected chi connectivity index (χ0v) is 19.9. The molecule has 4 rings (SSSR count). The van der Waals surface area contributed by atoms with E-state index in [1.807, 2.05) is 41.8 Å². The van der Waals surface area contributed by atoms with E-state index >= 15 is 0 Å². The minimum atomic E-state index is -0.166. The minimum absolute atomic E-state index is 0.0639. The SMILES string of the molecule is CCc1ccc(-c2noc(CCC(=O)Nc3nc(-c4ccc(CNC(C)=O)s4)cs3)n2)cc1. The second-order valence-electron chi connectivity index (χ2n) is 7.32. The average molecular weight is 482 g/mol. The van der Waals surface area contributed by atoms with Gasteiger partial charge in [-0.05, 0) is 24.1 Å². The van der Waals surface area contributed by atoms with Gasteiger partial charge in [-0.15, -0.1) is 22.7 Å². The third kappa shape index (κ3) is 6.11. The summed E-state index contributed by atoms with van der Waals surface area (Å²) in [6.45, 7) is 4.09. The van der Waals surface area contributed by atoms with Crippen molar-refractivity contribution in [3.05, 3.63) is 58.1 Å². The van der Waals surface area contributed by atoms with E-state index in [0.29, 0.717) is 29.8 Å². The molecule has 33 heavy (non-hydrogen) atoms. The zero-order valence-electron chi connectivity index (χ0n) is 18.3. The van der Waals surface area contributed by atoms with Crippen molar-refractivity contribution < 1.29 is 14.1 Å². The van der Waals surface area contributed by atoms with Crippen LogP contribution >= 0.6 is 22.7 Å². The van der Waals surface area contributed by atoms with Gasteiger partial charge in [0.15, 0.2) is 5.13 Å². The minimum Gasteiger partial charge on any atom is -0.351 e. The summed E-state index contributed by atoms with van der Waals surface area (Å²) in [5, 5.41) is 12.1. The maximum absolute atomic E-state index is 12.4. The maximum Gasteiger partial charge on any atom is 0.227 e. The largest absolute Gasteiger partial charge is 0.351 e. The third-order valence-corrected chi connectivity index (χ3v) is 6.70. The van der Waals surface area contributed by atoms with Crippen LogP contribution in [0.2, 0.25) is 0 Å². The lowest BCUT2D eigenvalue weighted by molar-refractivity contribution is -0.119. The van der Waals surface area contributed by atoms with Gasteiger partial charge in [0.25, 0.3) is 0 Å². The van der Waals surface area contributed by atoms with Crippen LogP contribution < -0.4 is 10.6 Å². The lowest BCUT2D eigenvalue weighted by Crippen LogP contribution is -2.17. The standard InChI is InChI=1S/C23H23N5O3S2/c1-3-15-4-6-16(7-5-15)22-27-21(31-28-22)11-10-20(30)26-23-25-18(13-32-23)19-9-8-17(33-19)12-24-14(2)29/h4-9,13H,3,10-12H2,1-2H3,(H,24,29)(H,25,26,30). The molecule has 0 radical (unpaired) electrons. The van der Waals surface area contributed by atoms with Gasteiger partial charge in [0.2, 0.25) is 23.5 Å². The number of carbonyl (C=O) groups excluding carboxylic acids is 2. The summed E-state index contributed by atoms with van der Waals surface area (Å²) in [5.41, 5.74) is 2.93. The molecule has 10 heteroatoms. The van der Waals surface area contributed by atoms with Gasteiger partial charge in [0.05, 0.1) is 17.1 Å². The fourth-order valence-electron chi connectivity index (χ4n) is 3.03. The first-order chi connectivity index (χ1) is 16.0. The second kappa shape index (κ2) is 10.5. The first-order valence-electron chi connectivity index (χ1n) is 10.5. The molecule has 0 aliphatic heterocycles. The molecule has 2 N–H and O–H groups in total. The molecular weight excluding hydrogens is 458 g/mol. The third-order valence-electron chi connectivity index (χ3n) is 4.83. The molecule has 0 saturated carbocycles. The van der Waals surface area contributed by atoms with Gasteiger partial charge < -0.3 is 15.2 Å². The molecule has 0 aliphatic rings. The Labute approximate surface area is 199 Å². The highest BCUT2D eigenvalue weighted by Crippen LogP contribution is 2.31. The summed E-state index contributed by atoms with van der Waals surface area (Å²) in [5.74, 6) is 0.711. The molecule has 0 saturated heterocycles. The Kier molecular flexibility index (Phi) is 7.26. The van der Waals surface area contributed by atoms with E-state index in [0.717, 1.165) is 27.4 Å². The predicted octanol–water partition coefficient (Wildman–Crippen LogP) is 4.69. The van der Waals surface area contributed by atoms with Crippen molar-refractivity contribution in [2.24, 2.45) is 0 Å². The van der Waals surface area contributed by atoms with Gasteiger partial charge in [0.1, 0.15) is 0 Å². The van der Waals surface area contributed by atoms with Crippen LogP contribution in [0.1, 0.15) is 36.6 Å². The van der Waals surface area contributed by atoms with Gasteiger partial charge in [-0.25, -0.2) is 4.98 Å². The number of amides is 2. The van der Waals surface area contributed by atoms with E-state index in [1.165, 1.54) is 23.8 Å². The zero-order chi connectivity index (χ0) is 23.2. The lowest BCUT2D eigenvalue weighted by atomic mass is 10.1. The molecule has 2 amide bonds. The lowest BCUT2D eigenvalue weighted by Gasteiger charge is -1.99. The molecule has 8 nitrogen and oxygen atoms in total. The molecule has 0 aliphatic carbocycles. The van der Waals surface area contributed by atoms with Gasteiger partial charge in [-0.2, -0.15) is 4.98 Å². The van der Waals surface area contributed by atoms with Crippen LogP contribution in [0.5, 0.6) is 0 Å². The van der Waals surface area contributed by atoms with E-state index in [2.05, 4.69) is 32.7 Å². The molecule has 0 unspecified atom stereocenters. The van der Waals surface area contributed by atoms with Gasteiger partial charge in [-0.1, -0.05) is 36.3 Å². The fraction of sp³-hybridized carbons (Fsp3) is 0.261. The molecule has 0 bridgehead atoms. The van der Waals surface area contributed by atoms with Gasteiger partial charge in [0, 0.05) is 35.6 Å². The second-order valence-corrected chi connectivity index (χ2v) is 9.35. The molecule has 3 aromatic heterocycles. The van der Waals surface area contributed by atoms with Crippen molar-refractivity contribution in [1.29, 1.82) is 0 Å². The Morgan fingerprint density at radius 3 is 2.67 bits per heavy atom. The number of aromatic nitrogens is 3. The van der Waals surface area contributed by atoms with E-state index < -0.39 is 0 Å². The van der Waals surface area contributed by atoms with Crippen LogP contribution in [0.15, 0.2) is 46.3 Å². The monoisotopic (exact) mass is 481 g/mol. The van der Waals surface area contributed by atoms with Crippen LogP contribution in [0, 0.1) is 0 Å². The summed E-state index contributed by atoms with van der Waals surface area (Å²) >= 11 is 2.93. The summed E-state index contributed by atoms with van der Waals surface area (Å²) in [6, 6.07) is 11.9.